The summed E-state index contributed by atoms with van der Waals surface area (Å²) in [4.78, 5) is 0. The highest BCUT2D eigenvalue weighted by Gasteiger charge is 2.55. The molecular weight excluding hydrogens is 96.3 g/mol. The van der Waals surface area contributed by atoms with Gasteiger partial charge in [0, 0.05) is 15.7 Å². The molecule has 0 bridgehead atoms. The molecule has 0 aromatic rings. The van der Waals surface area contributed by atoms with Gasteiger partial charge >= 0.3 is 0 Å². The Kier molecular flexibility index (Phi) is 0.166. The van der Waals surface area contributed by atoms with Crippen LogP contribution in [0.15, 0.2) is 0 Å². The Hall–Kier alpha value is 0.651. The second kappa shape index (κ2) is 0.343. The fourth-order valence-electron chi connectivity index (χ4n) is 0.552. The zero-order valence-electron chi connectivity index (χ0n) is 2.57. The van der Waals surface area contributed by atoms with Crippen molar-refractivity contribution in [1.82, 2.24) is 0 Å². The van der Waals surface area contributed by atoms with Crippen LogP contribution < -0.4 is 0 Å². The third-order valence-corrected chi connectivity index (χ3v) is 35.5. The molecule has 2 atom stereocenters. The van der Waals surface area contributed by atoms with Crippen molar-refractivity contribution in [2.24, 2.45) is 0 Å². The SMILES string of the molecule is C1[SiH]2[SiH2][SiH]12. The molecule has 0 aromatic heterocycles. The highest BCUT2D eigenvalue weighted by Crippen LogP contribution is 2.31. The molecule has 3 heteroatoms. The van der Waals surface area contributed by atoms with Gasteiger partial charge in [0.05, 0.1) is 0 Å². The largest absolute Gasteiger partial charge is 0.0760 e. The third kappa shape index (κ3) is 0.0965. The summed E-state index contributed by atoms with van der Waals surface area (Å²) in [6, 6.07) is 0. The van der Waals surface area contributed by atoms with E-state index in [2.05, 4.69) is 0 Å². The van der Waals surface area contributed by atoms with Crippen LogP contribution in [-0.2, 0) is 0 Å². The van der Waals surface area contributed by atoms with E-state index in [0.29, 0.717) is 15.7 Å². The highest BCUT2D eigenvalue weighted by molar-refractivity contribution is 8.01. The van der Waals surface area contributed by atoms with Crippen molar-refractivity contribution in [3.05, 3.63) is 0 Å². The first-order valence-electron chi connectivity index (χ1n) is 1.97. The Bertz CT molecular complexity index is 39.2. The second-order valence-corrected chi connectivity index (χ2v) is 30.7. The van der Waals surface area contributed by atoms with Gasteiger partial charge < -0.3 is 0 Å². The minimum absolute atomic E-state index is 0.556. The predicted molar refractivity (Wildman–Crippen MR) is 27.6 cm³/mol. The van der Waals surface area contributed by atoms with E-state index in [1.807, 2.05) is 5.67 Å². The molecule has 0 radical (unpaired) electrons. The molecule has 0 spiro atoms. The number of hydrogen-bond donors (Lipinski definition) is 0. The van der Waals surface area contributed by atoms with Crippen molar-refractivity contribution in [3.63, 3.8) is 0 Å². The first kappa shape index (κ1) is 1.94. The molecule has 2 rings (SSSR count). The van der Waals surface area contributed by atoms with Crippen LogP contribution in [0.25, 0.3) is 0 Å². The Morgan fingerprint density at radius 1 is 1.50 bits per heavy atom. The van der Waals surface area contributed by atoms with Gasteiger partial charge in [-0.2, -0.15) is 0 Å². The molecule has 4 heavy (non-hydrogen) atoms. The van der Waals surface area contributed by atoms with E-state index < -0.39 is 0 Å². The van der Waals surface area contributed by atoms with Gasteiger partial charge in [-0.15, -0.1) is 0 Å². The van der Waals surface area contributed by atoms with Crippen LogP contribution in [0.2, 0.25) is 5.67 Å². The smallest absolute Gasteiger partial charge is 0.00676 e. The van der Waals surface area contributed by atoms with E-state index in [4.69, 9.17) is 0 Å². The molecule has 0 N–H and O–H groups in total. The van der Waals surface area contributed by atoms with E-state index in [1.165, 1.54) is 0 Å². The van der Waals surface area contributed by atoms with E-state index >= 15 is 0 Å². The Morgan fingerprint density at radius 3 is 1.75 bits per heavy atom. The summed E-state index contributed by atoms with van der Waals surface area (Å²) in [6.07, 6.45) is 0. The van der Waals surface area contributed by atoms with Crippen molar-refractivity contribution in [2.45, 2.75) is 5.67 Å². The lowest BCUT2D eigenvalue weighted by atomic mass is 11.9. The van der Waals surface area contributed by atoms with E-state index in [-0.39, 0.29) is 0 Å². The van der Waals surface area contributed by atoms with Crippen LogP contribution in [0.4, 0.5) is 0 Å². The summed E-state index contributed by atoms with van der Waals surface area (Å²) >= 11 is 0. The number of hydrogen-bond acceptors (Lipinski definition) is 0. The fraction of sp³-hybridized carbons (Fsp3) is 1.00. The van der Waals surface area contributed by atoms with Crippen LogP contribution >= 0.6 is 0 Å². The van der Waals surface area contributed by atoms with Crippen LogP contribution in [0.5, 0.6) is 0 Å². The van der Waals surface area contributed by atoms with Crippen LogP contribution in [0.1, 0.15) is 0 Å². The monoisotopic (exact) mass is 102 g/mol. The Labute approximate surface area is 30.6 Å². The van der Waals surface area contributed by atoms with E-state index in [9.17, 15) is 0 Å². The normalized spacial score (nSPS) is 72.0. The average molecular weight is 102 g/mol. The minimum Gasteiger partial charge on any atom is -0.0760 e. The lowest BCUT2D eigenvalue weighted by Gasteiger charge is -1.58. The van der Waals surface area contributed by atoms with Gasteiger partial charge in [-0.05, 0) is 8.55 Å². The zero-order chi connectivity index (χ0) is 2.57. The van der Waals surface area contributed by atoms with E-state index in [0.717, 1.165) is 8.55 Å². The van der Waals surface area contributed by atoms with Gasteiger partial charge in [0.25, 0.3) is 0 Å². The number of rotatable bonds is 0. The molecule has 22 valence electrons. The van der Waals surface area contributed by atoms with Gasteiger partial charge in [-0.1, -0.05) is 5.67 Å². The summed E-state index contributed by atoms with van der Waals surface area (Å²) in [5.41, 5.74) is 1.92. The Morgan fingerprint density at radius 2 is 1.75 bits per heavy atom. The van der Waals surface area contributed by atoms with Crippen LogP contribution in [0.3, 0.4) is 0 Å². The van der Waals surface area contributed by atoms with Crippen LogP contribution in [-0.4, -0.2) is 24.2 Å². The molecule has 0 aliphatic carbocycles. The van der Waals surface area contributed by atoms with Crippen molar-refractivity contribution >= 4 is 24.2 Å². The van der Waals surface area contributed by atoms with Gasteiger partial charge in [-0.3, -0.25) is 0 Å². The lowest BCUT2D eigenvalue weighted by molar-refractivity contribution is 2.19. The molecule has 0 amide bonds. The molecule has 0 aromatic carbocycles. The first-order valence-corrected chi connectivity index (χ1v) is 12.8. The van der Waals surface area contributed by atoms with Gasteiger partial charge in [0.1, 0.15) is 0 Å². The maximum absolute atomic E-state index is 1.92. The minimum atomic E-state index is 0.556. The molecule has 2 saturated heterocycles. The summed E-state index contributed by atoms with van der Waals surface area (Å²) < 4.78 is 0. The molecule has 2 aliphatic heterocycles. The van der Waals surface area contributed by atoms with Crippen molar-refractivity contribution in [2.75, 3.05) is 0 Å². The molecule has 2 unspecified atom stereocenters. The molecule has 2 heterocycles. The van der Waals surface area contributed by atoms with Gasteiger partial charge in [0.2, 0.25) is 0 Å². The van der Waals surface area contributed by atoms with Crippen molar-refractivity contribution < 1.29 is 0 Å². The molecule has 0 nitrogen and oxygen atoms in total. The Balaban J connectivity index is 2.48. The maximum atomic E-state index is 1.92. The molecule has 2 fully saturated rings. The second-order valence-electron chi connectivity index (χ2n) is 1.99. The van der Waals surface area contributed by atoms with E-state index in [1.54, 1.807) is 0 Å². The van der Waals surface area contributed by atoms with Crippen molar-refractivity contribution in [3.8, 4) is 0 Å². The first-order chi connectivity index (χ1) is 1.97. The zero-order valence-corrected chi connectivity index (χ0v) is 6.29. The lowest BCUT2D eigenvalue weighted by Crippen LogP contribution is -1.79. The predicted octanol–water partition coefficient (Wildman–Crippen LogP) is -1.75. The average Bonchev–Trinajstić information content (AvgIpc) is 1.36. The van der Waals surface area contributed by atoms with Gasteiger partial charge in [0.15, 0.2) is 0 Å². The van der Waals surface area contributed by atoms with Gasteiger partial charge in [-0.25, -0.2) is 0 Å². The molecule has 2 aliphatic rings. The molecule has 0 saturated carbocycles. The summed E-state index contributed by atoms with van der Waals surface area (Å²) in [6.45, 7) is 0. The fourth-order valence-corrected chi connectivity index (χ4v) is 35.7. The van der Waals surface area contributed by atoms with Crippen molar-refractivity contribution in [1.29, 1.82) is 0 Å². The molecular formula is CH6Si3. The maximum Gasteiger partial charge on any atom is 0.00676 e. The van der Waals surface area contributed by atoms with Crippen LogP contribution in [0, 0.1) is 0 Å². The third-order valence-electron chi connectivity index (χ3n) is 1.47. The topological polar surface area (TPSA) is 0 Å². The summed E-state index contributed by atoms with van der Waals surface area (Å²) in [5.74, 6) is 0. The number of fused-ring (bicyclic) bond motifs is 1. The highest BCUT2D eigenvalue weighted by atomic mass is 30.2. The summed E-state index contributed by atoms with van der Waals surface area (Å²) in [7, 11) is 2.08. The summed E-state index contributed by atoms with van der Waals surface area (Å²) in [5, 5.41) is 0. The quantitative estimate of drug-likeness (QED) is 0.318. The standard InChI is InChI=1S/CH6Si3/c1-3-2-4(1)3/h3-4H,1-2H2.